The number of β-amino-alcohol motifs (C(OH)–C–C–N with tert-alkyl or cyclic N) is 1. The van der Waals surface area contributed by atoms with Crippen LogP contribution in [0.3, 0.4) is 0 Å². The Morgan fingerprint density at radius 3 is 2.49 bits per heavy atom. The van der Waals surface area contributed by atoms with Crippen LogP contribution in [0, 0.1) is 19.8 Å². The van der Waals surface area contributed by atoms with Gasteiger partial charge in [-0.2, -0.15) is 0 Å². The molecular formula is C37H51N5O8S. The van der Waals surface area contributed by atoms with E-state index in [2.05, 4.69) is 15.5 Å². The number of aromatic nitrogens is 2. The average Bonchev–Trinajstić information content (AvgIpc) is 3.81. The van der Waals surface area contributed by atoms with Crippen molar-refractivity contribution in [3.63, 3.8) is 0 Å². The number of carbonyl (C=O) groups is 3. The van der Waals surface area contributed by atoms with E-state index in [-0.39, 0.29) is 56.0 Å². The van der Waals surface area contributed by atoms with Crippen molar-refractivity contribution in [3.05, 3.63) is 52.5 Å². The van der Waals surface area contributed by atoms with Gasteiger partial charge in [-0.3, -0.25) is 9.59 Å². The quantitative estimate of drug-likeness (QED) is 0.237. The lowest BCUT2D eigenvalue weighted by Gasteiger charge is -2.33. The minimum absolute atomic E-state index is 0.00741. The van der Waals surface area contributed by atoms with Crippen LogP contribution in [-0.4, -0.2) is 99.7 Å². The van der Waals surface area contributed by atoms with Crippen LogP contribution in [0.15, 0.2) is 34.3 Å². The average molecular weight is 726 g/mol. The summed E-state index contributed by atoms with van der Waals surface area (Å²) in [7, 11) is 0. The molecule has 2 aliphatic heterocycles. The zero-order valence-electron chi connectivity index (χ0n) is 30.6. The molecule has 0 aliphatic carbocycles. The number of aryl methyl sites for hydroxylation is 2. The lowest BCUT2D eigenvalue weighted by Crippen LogP contribution is -2.48. The third-order valence-corrected chi connectivity index (χ3v) is 10.0. The lowest BCUT2D eigenvalue weighted by molar-refractivity contribution is -0.141. The van der Waals surface area contributed by atoms with Crippen molar-refractivity contribution in [2.24, 2.45) is 5.92 Å². The summed E-state index contributed by atoms with van der Waals surface area (Å²) in [6, 6.07) is 6.75. The predicted molar refractivity (Wildman–Crippen MR) is 191 cm³/mol. The minimum atomic E-state index is -0.837. The normalized spacial score (nSPS) is 19.0. The summed E-state index contributed by atoms with van der Waals surface area (Å²) in [6.07, 6.45) is 0.444. The fraction of sp³-hybridized carbons (Fsp3) is 0.595. The molecule has 2 saturated heterocycles. The van der Waals surface area contributed by atoms with Crippen LogP contribution in [0.1, 0.15) is 82.5 Å². The molecule has 2 fully saturated rings. The van der Waals surface area contributed by atoms with Crippen molar-refractivity contribution >= 4 is 29.2 Å². The number of hydrogen-bond acceptors (Lipinski definition) is 11. The molecule has 14 heteroatoms. The fourth-order valence-corrected chi connectivity index (χ4v) is 7.31. The third-order valence-electron chi connectivity index (χ3n) is 9.07. The van der Waals surface area contributed by atoms with Crippen molar-refractivity contribution in [3.8, 4) is 16.2 Å². The van der Waals surface area contributed by atoms with Gasteiger partial charge in [0.05, 0.1) is 40.6 Å². The van der Waals surface area contributed by atoms with Gasteiger partial charge in [0.25, 0.3) is 0 Å². The SMILES string of the molecule is Cc1cc(C(C(=O)N2C[C@H](O)C[C@H]2C(=O)NCc2ccc(-c3scnc3C)cc2OCCOC2CCN(C(=O)OC(C)(C)C)CC2)C(C)C)on1. The second-order valence-electron chi connectivity index (χ2n) is 14.7. The van der Waals surface area contributed by atoms with Gasteiger partial charge >= 0.3 is 6.09 Å². The molecule has 0 spiro atoms. The molecule has 2 N–H and O–H groups in total. The highest BCUT2D eigenvalue weighted by molar-refractivity contribution is 7.13. The number of nitrogens with one attached hydrogen (secondary N) is 1. The number of ether oxygens (including phenoxy) is 3. The molecule has 2 aromatic heterocycles. The number of benzene rings is 1. The monoisotopic (exact) mass is 725 g/mol. The number of nitrogens with zero attached hydrogens (tertiary/aromatic N) is 4. The number of likely N-dealkylation sites (tertiary alicyclic amines) is 2. The van der Waals surface area contributed by atoms with Crippen LogP contribution >= 0.6 is 11.3 Å². The Morgan fingerprint density at radius 2 is 1.86 bits per heavy atom. The first-order valence-corrected chi connectivity index (χ1v) is 18.5. The summed E-state index contributed by atoms with van der Waals surface area (Å²) in [5.41, 5.74) is 4.56. The zero-order valence-corrected chi connectivity index (χ0v) is 31.5. The van der Waals surface area contributed by atoms with Crippen molar-refractivity contribution in [2.75, 3.05) is 32.8 Å². The molecule has 278 valence electrons. The van der Waals surface area contributed by atoms with Crippen LogP contribution in [0.4, 0.5) is 4.79 Å². The zero-order chi connectivity index (χ0) is 36.9. The highest BCUT2D eigenvalue weighted by Gasteiger charge is 2.43. The number of aliphatic hydroxyl groups excluding tert-OH is 1. The molecule has 1 unspecified atom stereocenters. The van der Waals surface area contributed by atoms with E-state index in [9.17, 15) is 19.5 Å². The van der Waals surface area contributed by atoms with Gasteiger partial charge in [0.15, 0.2) is 0 Å². The van der Waals surface area contributed by atoms with Gasteiger partial charge in [0, 0.05) is 44.2 Å². The van der Waals surface area contributed by atoms with Crippen LogP contribution in [-0.2, 0) is 25.6 Å². The summed E-state index contributed by atoms with van der Waals surface area (Å²) in [5, 5.41) is 17.5. The molecule has 2 aliphatic rings. The van der Waals surface area contributed by atoms with E-state index in [0.717, 1.165) is 21.7 Å². The van der Waals surface area contributed by atoms with Gasteiger partial charge < -0.3 is 39.0 Å². The van der Waals surface area contributed by atoms with E-state index in [4.69, 9.17) is 18.7 Å². The first-order chi connectivity index (χ1) is 24.2. The first kappa shape index (κ1) is 38.2. The van der Waals surface area contributed by atoms with Gasteiger partial charge in [-0.15, -0.1) is 11.3 Å². The molecule has 13 nitrogen and oxygen atoms in total. The van der Waals surface area contributed by atoms with Crippen LogP contribution in [0.25, 0.3) is 10.4 Å². The van der Waals surface area contributed by atoms with Crippen LogP contribution in [0.2, 0.25) is 0 Å². The molecular weight excluding hydrogens is 675 g/mol. The molecule has 0 saturated carbocycles. The number of aliphatic hydroxyl groups is 1. The second kappa shape index (κ2) is 16.6. The van der Waals surface area contributed by atoms with Crippen molar-refractivity contribution in [1.82, 2.24) is 25.3 Å². The van der Waals surface area contributed by atoms with Gasteiger partial charge in [-0.25, -0.2) is 9.78 Å². The maximum Gasteiger partial charge on any atom is 0.410 e. The standard InChI is InChI=1S/C37H51N5O8S/c1-22(2)32(31-16-23(3)40-50-31)35(45)42-20-27(43)18-29(42)34(44)38-19-26-9-8-25(33-24(4)39-21-51-33)17-30(26)48-15-14-47-28-10-12-41(13-11-28)36(46)49-37(5,6)7/h8-9,16-17,21-22,27-29,32,43H,10-15,18-20H2,1-7H3,(H,38,44)/t27-,29+,32?/m1/s1. The summed E-state index contributed by atoms with van der Waals surface area (Å²) >= 11 is 1.54. The first-order valence-electron chi connectivity index (χ1n) is 17.6. The predicted octanol–water partition coefficient (Wildman–Crippen LogP) is 5.23. The number of hydrogen-bond donors (Lipinski definition) is 2. The van der Waals surface area contributed by atoms with E-state index in [1.54, 1.807) is 34.7 Å². The van der Waals surface area contributed by atoms with E-state index in [0.29, 0.717) is 49.7 Å². The summed E-state index contributed by atoms with van der Waals surface area (Å²) in [4.78, 5) is 48.5. The summed E-state index contributed by atoms with van der Waals surface area (Å²) in [5.74, 6) is -0.326. The number of thiazole rings is 1. The largest absolute Gasteiger partial charge is 0.491 e. The lowest BCUT2D eigenvalue weighted by atomic mass is 9.91. The molecule has 0 bridgehead atoms. The Kier molecular flexibility index (Phi) is 12.4. The van der Waals surface area contributed by atoms with E-state index in [1.165, 1.54) is 4.90 Å². The van der Waals surface area contributed by atoms with Crippen molar-refractivity contribution in [1.29, 1.82) is 0 Å². The molecule has 5 rings (SSSR count). The highest BCUT2D eigenvalue weighted by Crippen LogP contribution is 2.33. The molecule has 4 heterocycles. The summed E-state index contributed by atoms with van der Waals surface area (Å²) < 4.78 is 23.3. The van der Waals surface area contributed by atoms with Gasteiger partial charge in [-0.1, -0.05) is 31.1 Å². The van der Waals surface area contributed by atoms with Crippen LogP contribution in [0.5, 0.6) is 5.75 Å². The molecule has 0 radical (unpaired) electrons. The summed E-state index contributed by atoms with van der Waals surface area (Å²) in [6.45, 7) is 15.2. The molecule has 3 atom stereocenters. The highest BCUT2D eigenvalue weighted by atomic mass is 32.1. The smallest absolute Gasteiger partial charge is 0.410 e. The number of amides is 3. The van der Waals surface area contributed by atoms with Gasteiger partial charge in [0.1, 0.15) is 35.7 Å². The topological polar surface area (TPSA) is 157 Å². The second-order valence-corrected chi connectivity index (χ2v) is 15.5. The Morgan fingerprint density at radius 1 is 1.12 bits per heavy atom. The minimum Gasteiger partial charge on any atom is -0.491 e. The Hall–Kier alpha value is -4.01. The van der Waals surface area contributed by atoms with Crippen molar-refractivity contribution < 1.29 is 38.2 Å². The Bertz CT molecular complexity index is 1660. The van der Waals surface area contributed by atoms with Crippen LogP contribution < -0.4 is 10.1 Å². The van der Waals surface area contributed by atoms with E-state index in [1.807, 2.05) is 59.7 Å². The molecule has 3 amide bonds. The fourth-order valence-electron chi connectivity index (χ4n) is 6.50. The van der Waals surface area contributed by atoms with E-state index >= 15 is 0 Å². The Balaban J connectivity index is 1.21. The van der Waals surface area contributed by atoms with E-state index < -0.39 is 23.7 Å². The number of piperidine rings is 1. The maximum atomic E-state index is 13.8. The third kappa shape index (κ3) is 9.86. The number of rotatable bonds is 12. The molecule has 51 heavy (non-hydrogen) atoms. The Labute approximate surface area is 303 Å². The van der Waals surface area contributed by atoms with Gasteiger partial charge in [0.2, 0.25) is 11.8 Å². The maximum absolute atomic E-state index is 13.8. The van der Waals surface area contributed by atoms with Gasteiger partial charge in [-0.05, 0) is 65.0 Å². The molecule has 1 aromatic carbocycles. The molecule has 3 aromatic rings. The van der Waals surface area contributed by atoms with Crippen molar-refractivity contribution in [2.45, 2.75) is 104 Å². The number of carbonyl (C=O) groups excluding carboxylic acids is 3.